The molecule has 1 aromatic carbocycles. The molecule has 27 heavy (non-hydrogen) atoms. The molecule has 4 rings (SSSR count). The maximum absolute atomic E-state index is 13.2. The molecule has 3 heterocycles. The molecule has 6 nitrogen and oxygen atoms in total. The number of amides is 1. The molecule has 2 aliphatic heterocycles. The number of nitrogens with one attached hydrogen (secondary N) is 1. The molecule has 2 aliphatic rings. The number of hydrogen-bond acceptors (Lipinski definition) is 4. The molecule has 0 unspecified atom stereocenters. The van der Waals surface area contributed by atoms with Gasteiger partial charge in [0, 0.05) is 42.9 Å². The summed E-state index contributed by atoms with van der Waals surface area (Å²) >= 11 is 0. The number of carbonyl (C=O) groups excluding carboxylic acids is 1. The third-order valence-electron chi connectivity index (χ3n) is 5.91. The Bertz CT molecular complexity index is 816. The van der Waals surface area contributed by atoms with E-state index in [9.17, 15) is 4.79 Å². The number of piperidine rings is 1. The van der Waals surface area contributed by atoms with Crippen molar-refractivity contribution < 1.29 is 9.53 Å². The van der Waals surface area contributed by atoms with Gasteiger partial charge in [0.2, 0.25) is 5.91 Å². The lowest BCUT2D eigenvalue weighted by atomic mass is 9.94. The number of carbonyl (C=O) groups is 1. The van der Waals surface area contributed by atoms with Crippen LogP contribution in [-0.4, -0.2) is 59.2 Å². The maximum atomic E-state index is 13.2. The Balaban J connectivity index is 1.56. The number of fused-ring (bicyclic) bond motifs is 1. The molecule has 1 aromatic heterocycles. The van der Waals surface area contributed by atoms with Crippen LogP contribution in [0.15, 0.2) is 24.3 Å². The fourth-order valence-electron chi connectivity index (χ4n) is 4.35. The number of nitrogens with zero attached hydrogens (tertiary/aromatic N) is 3. The molecule has 2 aromatic rings. The summed E-state index contributed by atoms with van der Waals surface area (Å²) < 4.78 is 5.51. The van der Waals surface area contributed by atoms with Gasteiger partial charge in [0.15, 0.2) is 0 Å². The molecular weight excluding hydrogens is 340 g/mol. The Labute approximate surface area is 160 Å². The quantitative estimate of drug-likeness (QED) is 0.901. The molecule has 0 bridgehead atoms. The van der Waals surface area contributed by atoms with Crippen LogP contribution in [0.5, 0.6) is 5.75 Å². The van der Waals surface area contributed by atoms with E-state index < -0.39 is 0 Å². The highest BCUT2D eigenvalue weighted by Crippen LogP contribution is 2.34. The minimum absolute atomic E-state index is 0.127. The minimum Gasteiger partial charge on any atom is -0.496 e. The highest BCUT2D eigenvalue weighted by atomic mass is 16.5. The molecule has 1 N–H and O–H groups in total. The Kier molecular flexibility index (Phi) is 5.16. The number of para-hydroxylation sites is 1. The number of benzene rings is 1. The van der Waals surface area contributed by atoms with Crippen molar-refractivity contribution in [2.24, 2.45) is 5.92 Å². The molecule has 0 radical (unpaired) electrons. The van der Waals surface area contributed by atoms with Crippen LogP contribution >= 0.6 is 0 Å². The van der Waals surface area contributed by atoms with Gasteiger partial charge in [-0.2, -0.15) is 5.10 Å². The summed E-state index contributed by atoms with van der Waals surface area (Å²) in [6.07, 6.45) is 2.94. The highest BCUT2D eigenvalue weighted by molar-refractivity contribution is 5.80. The van der Waals surface area contributed by atoms with Crippen molar-refractivity contribution in [2.75, 3.05) is 33.3 Å². The lowest BCUT2D eigenvalue weighted by Crippen LogP contribution is -2.46. The summed E-state index contributed by atoms with van der Waals surface area (Å²) in [5, 5.41) is 7.74. The van der Waals surface area contributed by atoms with Crippen LogP contribution in [0.3, 0.4) is 0 Å². The highest BCUT2D eigenvalue weighted by Gasteiger charge is 2.32. The summed E-state index contributed by atoms with van der Waals surface area (Å²) in [5.41, 5.74) is 4.14. The Morgan fingerprint density at radius 2 is 2.19 bits per heavy atom. The van der Waals surface area contributed by atoms with E-state index in [-0.39, 0.29) is 5.92 Å². The number of aromatic nitrogens is 2. The van der Waals surface area contributed by atoms with Gasteiger partial charge in [0.05, 0.1) is 13.0 Å². The van der Waals surface area contributed by atoms with E-state index in [1.807, 2.05) is 29.2 Å². The number of H-pyrrole nitrogens is 1. The molecule has 0 spiro atoms. The normalized spacial score (nSPS) is 20.4. The van der Waals surface area contributed by atoms with E-state index in [0.29, 0.717) is 12.5 Å². The van der Waals surface area contributed by atoms with Crippen molar-refractivity contribution in [1.29, 1.82) is 0 Å². The van der Waals surface area contributed by atoms with Gasteiger partial charge in [-0.25, -0.2) is 0 Å². The monoisotopic (exact) mass is 368 g/mol. The molecule has 0 aliphatic carbocycles. The van der Waals surface area contributed by atoms with E-state index in [0.717, 1.165) is 73.7 Å². The molecule has 0 saturated carbocycles. The first-order valence-electron chi connectivity index (χ1n) is 9.92. The van der Waals surface area contributed by atoms with E-state index >= 15 is 0 Å². The SMILES string of the molecule is CCN1CCC[C@H](C(=O)N2CCc3[nH]nc(-c4ccccc4OC)c3C2)C1. The van der Waals surface area contributed by atoms with E-state index in [4.69, 9.17) is 4.74 Å². The molecular formula is C21H28N4O2. The summed E-state index contributed by atoms with van der Waals surface area (Å²) in [6.45, 7) is 6.59. The Morgan fingerprint density at radius 1 is 1.33 bits per heavy atom. The fourth-order valence-corrected chi connectivity index (χ4v) is 4.35. The standard InChI is InChI=1S/C21H28N4O2/c1-3-24-11-6-7-15(13-24)21(26)25-12-10-18-17(14-25)20(23-22-18)16-8-4-5-9-19(16)27-2/h4-5,8-9,15H,3,6-7,10-14H2,1-2H3,(H,22,23)/t15-/m0/s1. The van der Waals surface area contributed by atoms with Crippen LogP contribution in [0.2, 0.25) is 0 Å². The second-order valence-corrected chi connectivity index (χ2v) is 7.47. The first kappa shape index (κ1) is 18.0. The molecule has 1 atom stereocenters. The van der Waals surface area contributed by atoms with Crippen molar-refractivity contribution in [3.05, 3.63) is 35.5 Å². The van der Waals surface area contributed by atoms with Crippen LogP contribution in [0.25, 0.3) is 11.3 Å². The van der Waals surface area contributed by atoms with E-state index in [1.165, 1.54) is 0 Å². The topological polar surface area (TPSA) is 61.5 Å². The summed E-state index contributed by atoms with van der Waals surface area (Å²) in [4.78, 5) is 17.6. The number of rotatable bonds is 4. The van der Waals surface area contributed by atoms with Crippen molar-refractivity contribution >= 4 is 5.91 Å². The second kappa shape index (κ2) is 7.72. The summed E-state index contributed by atoms with van der Waals surface area (Å²) in [7, 11) is 1.68. The van der Waals surface area contributed by atoms with Crippen molar-refractivity contribution in [3.63, 3.8) is 0 Å². The predicted octanol–water partition coefficient (Wildman–Crippen LogP) is 2.70. The van der Waals surface area contributed by atoms with Crippen molar-refractivity contribution in [1.82, 2.24) is 20.0 Å². The third-order valence-corrected chi connectivity index (χ3v) is 5.91. The zero-order chi connectivity index (χ0) is 18.8. The van der Waals surface area contributed by atoms with Crippen molar-refractivity contribution in [3.8, 4) is 17.0 Å². The first-order chi connectivity index (χ1) is 13.2. The van der Waals surface area contributed by atoms with Gasteiger partial charge in [-0.15, -0.1) is 0 Å². The van der Waals surface area contributed by atoms with Crippen LogP contribution < -0.4 is 4.74 Å². The van der Waals surface area contributed by atoms with Gasteiger partial charge in [-0.1, -0.05) is 19.1 Å². The van der Waals surface area contributed by atoms with E-state index in [2.05, 4.69) is 22.0 Å². The summed E-state index contributed by atoms with van der Waals surface area (Å²) in [5.74, 6) is 1.23. The zero-order valence-corrected chi connectivity index (χ0v) is 16.2. The Hall–Kier alpha value is -2.34. The van der Waals surface area contributed by atoms with Gasteiger partial charge in [-0.3, -0.25) is 9.89 Å². The van der Waals surface area contributed by atoms with Crippen LogP contribution in [0, 0.1) is 5.92 Å². The molecule has 1 fully saturated rings. The molecule has 1 saturated heterocycles. The zero-order valence-electron chi connectivity index (χ0n) is 16.2. The van der Waals surface area contributed by atoms with Gasteiger partial charge in [0.25, 0.3) is 0 Å². The van der Waals surface area contributed by atoms with E-state index in [1.54, 1.807) is 7.11 Å². The van der Waals surface area contributed by atoms with Gasteiger partial charge in [0.1, 0.15) is 11.4 Å². The van der Waals surface area contributed by atoms with Crippen LogP contribution in [0.1, 0.15) is 31.0 Å². The Morgan fingerprint density at radius 3 is 3.00 bits per heavy atom. The lowest BCUT2D eigenvalue weighted by molar-refractivity contribution is -0.138. The maximum Gasteiger partial charge on any atom is 0.227 e. The molecule has 1 amide bonds. The molecule has 144 valence electrons. The first-order valence-corrected chi connectivity index (χ1v) is 9.92. The van der Waals surface area contributed by atoms with Gasteiger partial charge in [-0.05, 0) is 38.1 Å². The van der Waals surface area contributed by atoms with Gasteiger partial charge >= 0.3 is 0 Å². The van der Waals surface area contributed by atoms with Crippen molar-refractivity contribution in [2.45, 2.75) is 32.7 Å². The number of methoxy groups -OCH3 is 1. The fraction of sp³-hybridized carbons (Fsp3) is 0.524. The predicted molar refractivity (Wildman–Crippen MR) is 105 cm³/mol. The minimum atomic E-state index is 0.127. The lowest BCUT2D eigenvalue weighted by Gasteiger charge is -2.35. The smallest absolute Gasteiger partial charge is 0.227 e. The average molecular weight is 368 g/mol. The third kappa shape index (κ3) is 3.46. The second-order valence-electron chi connectivity index (χ2n) is 7.47. The van der Waals surface area contributed by atoms with Gasteiger partial charge < -0.3 is 14.5 Å². The van der Waals surface area contributed by atoms with Crippen LogP contribution in [-0.2, 0) is 17.8 Å². The largest absolute Gasteiger partial charge is 0.496 e. The average Bonchev–Trinajstić information content (AvgIpc) is 3.16. The summed E-state index contributed by atoms with van der Waals surface area (Å²) in [6, 6.07) is 7.92. The van der Waals surface area contributed by atoms with Crippen LogP contribution in [0.4, 0.5) is 0 Å². The number of hydrogen-bond donors (Lipinski definition) is 1. The number of aromatic amines is 1. The molecule has 6 heteroatoms. The number of ether oxygens (including phenoxy) is 1. The number of likely N-dealkylation sites (tertiary alicyclic amines) is 1.